The number of hydrogen-bond acceptors (Lipinski definition) is 6. The number of rotatable bonds is 7. The highest BCUT2D eigenvalue weighted by molar-refractivity contribution is 8.14. The molecular formula is C25H29N3O4S. The number of thioether (sulfide) groups is 1. The van der Waals surface area contributed by atoms with Crippen molar-refractivity contribution in [1.29, 1.82) is 0 Å². The molecule has 7 nitrogen and oxygen atoms in total. The number of aromatic nitrogens is 1. The largest absolute Gasteiger partial charge is 0.456 e. The molecule has 2 aliphatic heterocycles. The van der Waals surface area contributed by atoms with E-state index >= 15 is 0 Å². The van der Waals surface area contributed by atoms with Gasteiger partial charge < -0.3 is 15.0 Å². The number of nitrogens with zero attached hydrogens (tertiary/aromatic N) is 2. The Morgan fingerprint density at radius 2 is 2.21 bits per heavy atom. The van der Waals surface area contributed by atoms with Crippen LogP contribution in [0, 0.1) is 18.8 Å². The first kappa shape index (κ1) is 23.3. The average Bonchev–Trinajstić information content (AvgIpc) is 3.13. The normalized spacial score (nSPS) is 23.2. The van der Waals surface area contributed by atoms with E-state index in [-0.39, 0.29) is 35.0 Å². The van der Waals surface area contributed by atoms with E-state index in [1.807, 2.05) is 29.3 Å². The quantitative estimate of drug-likeness (QED) is 0.489. The number of ether oxygens (including phenoxy) is 1. The van der Waals surface area contributed by atoms with Crippen LogP contribution < -0.4 is 5.32 Å². The Labute approximate surface area is 198 Å². The van der Waals surface area contributed by atoms with Gasteiger partial charge in [0.05, 0.1) is 10.8 Å². The summed E-state index contributed by atoms with van der Waals surface area (Å²) in [6.07, 6.45) is 5.42. The van der Waals surface area contributed by atoms with Gasteiger partial charge in [-0.2, -0.15) is 0 Å². The molecule has 3 heterocycles. The molecule has 0 aliphatic carbocycles. The molecule has 4 rings (SSSR count). The summed E-state index contributed by atoms with van der Waals surface area (Å²) in [5, 5.41) is 4.12. The molecule has 174 valence electrons. The lowest BCUT2D eigenvalue weighted by Gasteiger charge is -2.39. The van der Waals surface area contributed by atoms with Crippen LogP contribution in [0.3, 0.4) is 0 Å². The summed E-state index contributed by atoms with van der Waals surface area (Å²) >= 11 is 1.41. The van der Waals surface area contributed by atoms with E-state index in [0.29, 0.717) is 19.0 Å². The number of esters is 1. The first-order valence-corrected chi connectivity index (χ1v) is 12.1. The highest BCUT2D eigenvalue weighted by Crippen LogP contribution is 2.50. The van der Waals surface area contributed by atoms with Crippen LogP contribution in [-0.4, -0.2) is 52.7 Å². The number of nitrogens with one attached hydrogen (secondary N) is 1. The summed E-state index contributed by atoms with van der Waals surface area (Å²) < 4.78 is 4.76. The molecule has 0 saturated carbocycles. The molecule has 33 heavy (non-hydrogen) atoms. The van der Waals surface area contributed by atoms with E-state index in [1.165, 1.54) is 24.2 Å². The number of benzene rings is 1. The van der Waals surface area contributed by atoms with Crippen LogP contribution in [0.15, 0.2) is 43.1 Å². The molecular weight excluding hydrogens is 438 g/mol. The van der Waals surface area contributed by atoms with E-state index in [0.717, 1.165) is 29.3 Å². The molecule has 1 aromatic carbocycles. The molecule has 1 aromatic heterocycles. The zero-order valence-electron chi connectivity index (χ0n) is 19.0. The summed E-state index contributed by atoms with van der Waals surface area (Å²) in [6.45, 7) is 8.19. The van der Waals surface area contributed by atoms with Gasteiger partial charge in [-0.1, -0.05) is 29.5 Å². The minimum absolute atomic E-state index is 0.0385. The van der Waals surface area contributed by atoms with Gasteiger partial charge in [0.1, 0.15) is 0 Å². The van der Waals surface area contributed by atoms with Crippen molar-refractivity contribution in [1.82, 2.24) is 15.2 Å². The second kappa shape index (κ2) is 9.95. The number of aryl methyl sites for hydroxylation is 1. The van der Waals surface area contributed by atoms with Crippen LogP contribution >= 0.6 is 11.8 Å². The zero-order chi connectivity index (χ0) is 23.5. The summed E-state index contributed by atoms with van der Waals surface area (Å²) in [4.78, 5) is 42.2. The zero-order valence-corrected chi connectivity index (χ0v) is 19.8. The number of pyridine rings is 1. The van der Waals surface area contributed by atoms with E-state index in [9.17, 15) is 14.4 Å². The Balaban J connectivity index is 1.50. The fraction of sp³-hybridized carbons (Fsp3) is 0.440. The third-order valence-electron chi connectivity index (χ3n) is 6.58. The SMILES string of the molecule is C=C[C@@H](CNC(=O)COC(C)=O)[C@H]1CCN2C(=O)S[C@@H](c3ccnc4ccc(C)cc34)[C@@H]2C1. The minimum atomic E-state index is -0.480. The van der Waals surface area contributed by atoms with Crippen molar-refractivity contribution >= 4 is 39.8 Å². The smallest absolute Gasteiger partial charge is 0.303 e. The lowest BCUT2D eigenvalue weighted by Crippen LogP contribution is -2.45. The van der Waals surface area contributed by atoms with Crippen LogP contribution in [0.5, 0.6) is 0 Å². The van der Waals surface area contributed by atoms with E-state index in [2.05, 4.69) is 35.9 Å². The van der Waals surface area contributed by atoms with E-state index < -0.39 is 5.97 Å². The van der Waals surface area contributed by atoms with Gasteiger partial charge in [-0.15, -0.1) is 6.58 Å². The second-order valence-electron chi connectivity index (χ2n) is 8.75. The van der Waals surface area contributed by atoms with Crippen molar-refractivity contribution < 1.29 is 19.1 Å². The van der Waals surface area contributed by atoms with Crippen molar-refractivity contribution in [3.8, 4) is 0 Å². The number of fused-ring (bicyclic) bond motifs is 2. The molecule has 4 atom stereocenters. The third kappa shape index (κ3) is 5.05. The van der Waals surface area contributed by atoms with E-state index in [1.54, 1.807) is 0 Å². The molecule has 2 aliphatic rings. The van der Waals surface area contributed by atoms with Gasteiger partial charge >= 0.3 is 5.97 Å². The average molecular weight is 468 g/mol. The Morgan fingerprint density at radius 3 is 2.97 bits per heavy atom. The van der Waals surface area contributed by atoms with Gasteiger partial charge in [-0.3, -0.25) is 19.4 Å². The molecule has 2 amide bonds. The molecule has 2 saturated heterocycles. The summed E-state index contributed by atoms with van der Waals surface area (Å²) in [5.74, 6) is -0.434. The van der Waals surface area contributed by atoms with Crippen LogP contribution in [-0.2, 0) is 14.3 Å². The molecule has 0 unspecified atom stereocenters. The van der Waals surface area contributed by atoms with Gasteiger partial charge in [-0.05, 0) is 55.4 Å². The van der Waals surface area contributed by atoms with Crippen molar-refractivity contribution in [2.75, 3.05) is 19.7 Å². The maximum atomic E-state index is 12.8. The molecule has 0 radical (unpaired) electrons. The molecule has 2 aromatic rings. The first-order chi connectivity index (χ1) is 15.9. The number of amides is 2. The second-order valence-corrected chi connectivity index (χ2v) is 9.85. The van der Waals surface area contributed by atoms with Crippen LogP contribution in [0.2, 0.25) is 0 Å². The predicted octanol–water partition coefficient (Wildman–Crippen LogP) is 4.01. The summed E-state index contributed by atoms with van der Waals surface area (Å²) in [7, 11) is 0. The van der Waals surface area contributed by atoms with Crippen molar-refractivity contribution in [2.45, 2.75) is 38.0 Å². The Hall–Kier alpha value is -2.87. The molecule has 1 N–H and O–H groups in total. The number of piperidine rings is 1. The van der Waals surface area contributed by atoms with Crippen molar-refractivity contribution in [3.05, 3.63) is 54.2 Å². The number of carbonyl (C=O) groups excluding carboxylic acids is 3. The lowest BCUT2D eigenvalue weighted by molar-refractivity contribution is -0.146. The van der Waals surface area contributed by atoms with Gasteiger partial charge in [0.15, 0.2) is 6.61 Å². The fourth-order valence-corrected chi connectivity index (χ4v) is 6.20. The van der Waals surface area contributed by atoms with Crippen molar-refractivity contribution in [2.24, 2.45) is 11.8 Å². The predicted molar refractivity (Wildman–Crippen MR) is 129 cm³/mol. The minimum Gasteiger partial charge on any atom is -0.456 e. The lowest BCUT2D eigenvalue weighted by atomic mass is 9.79. The Bertz CT molecular complexity index is 1090. The van der Waals surface area contributed by atoms with Gasteiger partial charge in [-0.25, -0.2) is 0 Å². The fourth-order valence-electron chi connectivity index (χ4n) is 4.88. The first-order valence-electron chi connectivity index (χ1n) is 11.2. The van der Waals surface area contributed by atoms with E-state index in [4.69, 9.17) is 4.74 Å². The van der Waals surface area contributed by atoms with Gasteiger partial charge in [0.2, 0.25) is 0 Å². The number of carbonyl (C=O) groups is 3. The molecule has 0 bridgehead atoms. The molecule has 2 fully saturated rings. The van der Waals surface area contributed by atoms with Crippen LogP contribution in [0.4, 0.5) is 4.79 Å². The topological polar surface area (TPSA) is 88.6 Å². The standard InChI is InChI=1S/C25H29N3O4S/c1-4-17(13-27-23(30)14-32-16(3)29)18-8-10-28-22(12-18)24(33-25(28)31)19-7-9-26-21-6-5-15(2)11-20(19)21/h4-7,9,11,17-18,22,24H,1,8,10,12-14H2,2-3H3,(H,27,30)/t17-,18-,22-,24-/m0/s1. The monoisotopic (exact) mass is 467 g/mol. The number of hydrogen-bond donors (Lipinski definition) is 1. The Morgan fingerprint density at radius 1 is 1.39 bits per heavy atom. The van der Waals surface area contributed by atoms with Crippen LogP contribution in [0.25, 0.3) is 10.9 Å². The highest BCUT2D eigenvalue weighted by atomic mass is 32.2. The summed E-state index contributed by atoms with van der Waals surface area (Å²) in [6, 6.07) is 8.37. The van der Waals surface area contributed by atoms with Crippen molar-refractivity contribution in [3.63, 3.8) is 0 Å². The molecule has 0 spiro atoms. The van der Waals surface area contributed by atoms with Crippen LogP contribution in [0.1, 0.15) is 36.1 Å². The summed E-state index contributed by atoms with van der Waals surface area (Å²) in [5.41, 5.74) is 3.26. The maximum Gasteiger partial charge on any atom is 0.303 e. The highest BCUT2D eigenvalue weighted by Gasteiger charge is 2.46. The molecule has 8 heteroatoms. The Kier molecular flexibility index (Phi) is 7.02. The third-order valence-corrected chi connectivity index (χ3v) is 7.84. The van der Waals surface area contributed by atoms with Gasteiger partial charge in [0.25, 0.3) is 11.1 Å². The van der Waals surface area contributed by atoms with Gasteiger partial charge in [0, 0.05) is 37.6 Å². The maximum absolute atomic E-state index is 12.8.